The summed E-state index contributed by atoms with van der Waals surface area (Å²) in [6, 6.07) is 2.42. The number of carboxylic acid groups (broad SMARTS) is 1. The van der Waals surface area contributed by atoms with Crippen LogP contribution in [0.25, 0.3) is 0 Å². The highest BCUT2D eigenvalue weighted by Crippen LogP contribution is 2.35. The van der Waals surface area contributed by atoms with Gasteiger partial charge in [0.1, 0.15) is 5.75 Å². The summed E-state index contributed by atoms with van der Waals surface area (Å²) in [5.41, 5.74) is -1.92. The first-order valence-corrected chi connectivity index (χ1v) is 4.96. The highest BCUT2D eigenvalue weighted by Gasteiger charge is 2.34. The fourth-order valence-corrected chi connectivity index (χ4v) is 1.44. The van der Waals surface area contributed by atoms with Crippen LogP contribution in [0.2, 0.25) is 0 Å². The molecule has 0 atom stereocenters. The Balaban J connectivity index is 3.38. The Morgan fingerprint density at radius 1 is 1.40 bits per heavy atom. The van der Waals surface area contributed by atoms with Crippen molar-refractivity contribution in [2.24, 2.45) is 0 Å². The second-order valence-electron chi connectivity index (χ2n) is 3.58. The minimum Gasteiger partial charge on any atom is -0.481 e. The van der Waals surface area contributed by atoms with Crippen molar-refractivity contribution in [3.05, 3.63) is 28.8 Å². The van der Waals surface area contributed by atoms with E-state index in [1.807, 2.05) is 0 Å². The molecular formula is C11H6F5NO3. The molecular weight excluding hydrogens is 289 g/mol. The van der Waals surface area contributed by atoms with Crippen molar-refractivity contribution in [3.8, 4) is 11.8 Å². The molecule has 0 fully saturated rings. The van der Waals surface area contributed by atoms with E-state index in [9.17, 15) is 26.7 Å². The number of halogens is 5. The summed E-state index contributed by atoms with van der Waals surface area (Å²) in [5.74, 6) is -2.63. The first kappa shape index (κ1) is 15.7. The molecule has 9 heteroatoms. The molecule has 0 aromatic heterocycles. The Hall–Kier alpha value is -2.37. The fraction of sp³-hybridized carbons (Fsp3) is 0.273. The Morgan fingerprint density at radius 3 is 2.40 bits per heavy atom. The number of carboxylic acids is 1. The van der Waals surface area contributed by atoms with Crippen LogP contribution in [0.4, 0.5) is 22.0 Å². The lowest BCUT2D eigenvalue weighted by Gasteiger charge is -2.14. The number of benzene rings is 1. The number of aliphatic carboxylic acids is 1. The zero-order valence-corrected chi connectivity index (χ0v) is 9.54. The van der Waals surface area contributed by atoms with Gasteiger partial charge in [-0.3, -0.25) is 4.79 Å². The van der Waals surface area contributed by atoms with E-state index in [2.05, 4.69) is 4.74 Å². The second-order valence-corrected chi connectivity index (χ2v) is 3.58. The highest BCUT2D eigenvalue weighted by atomic mass is 19.4. The van der Waals surface area contributed by atoms with E-state index in [1.165, 1.54) is 6.07 Å². The molecule has 108 valence electrons. The standard InChI is InChI=1S/C11H6F5NO3/c12-10(13)7-1-5(3-9(18)19)6(4-17)2-8(7)20-11(14,15)16/h1-2,10H,3H2,(H,18,19). The van der Waals surface area contributed by atoms with E-state index in [4.69, 9.17) is 10.4 Å². The molecule has 1 rings (SSSR count). The van der Waals surface area contributed by atoms with Crippen molar-refractivity contribution in [1.82, 2.24) is 0 Å². The molecule has 0 heterocycles. The quantitative estimate of drug-likeness (QED) is 0.867. The summed E-state index contributed by atoms with van der Waals surface area (Å²) >= 11 is 0. The van der Waals surface area contributed by atoms with Crippen molar-refractivity contribution < 1.29 is 36.6 Å². The Kier molecular flexibility index (Phi) is 4.49. The number of carbonyl (C=O) groups is 1. The molecule has 0 saturated heterocycles. The van der Waals surface area contributed by atoms with Crippen LogP contribution in [0.1, 0.15) is 23.1 Å². The summed E-state index contributed by atoms with van der Waals surface area (Å²) in [6.45, 7) is 0. The maximum absolute atomic E-state index is 12.7. The van der Waals surface area contributed by atoms with Gasteiger partial charge >= 0.3 is 12.3 Å². The van der Waals surface area contributed by atoms with Gasteiger partial charge in [0, 0.05) is 0 Å². The molecule has 0 aliphatic heterocycles. The maximum Gasteiger partial charge on any atom is 0.573 e. The normalized spacial score (nSPS) is 11.2. The summed E-state index contributed by atoms with van der Waals surface area (Å²) < 4.78 is 65.0. The lowest BCUT2D eigenvalue weighted by atomic mass is 10.0. The number of alkyl halides is 5. The molecule has 0 saturated carbocycles. The monoisotopic (exact) mass is 295 g/mol. The summed E-state index contributed by atoms with van der Waals surface area (Å²) in [4.78, 5) is 10.5. The molecule has 1 aromatic rings. The molecule has 0 amide bonds. The van der Waals surface area contributed by atoms with Crippen LogP contribution in [0.15, 0.2) is 12.1 Å². The van der Waals surface area contributed by atoms with E-state index in [0.29, 0.717) is 12.1 Å². The maximum atomic E-state index is 12.7. The van der Waals surface area contributed by atoms with E-state index >= 15 is 0 Å². The Morgan fingerprint density at radius 2 is 2.00 bits per heavy atom. The molecule has 0 radical (unpaired) electrons. The van der Waals surface area contributed by atoms with Gasteiger partial charge in [-0.15, -0.1) is 13.2 Å². The first-order valence-electron chi connectivity index (χ1n) is 4.96. The largest absolute Gasteiger partial charge is 0.573 e. The van der Waals surface area contributed by atoms with E-state index in [0.717, 1.165) is 0 Å². The molecule has 20 heavy (non-hydrogen) atoms. The van der Waals surface area contributed by atoms with Crippen molar-refractivity contribution in [2.75, 3.05) is 0 Å². The molecule has 0 aliphatic carbocycles. The average molecular weight is 295 g/mol. The van der Waals surface area contributed by atoms with Gasteiger partial charge in [0.2, 0.25) is 0 Å². The van der Waals surface area contributed by atoms with Gasteiger partial charge in [0.15, 0.2) is 0 Å². The topological polar surface area (TPSA) is 70.3 Å². The van der Waals surface area contributed by atoms with Gasteiger partial charge in [0.05, 0.1) is 23.6 Å². The summed E-state index contributed by atoms with van der Waals surface area (Å²) in [6.07, 6.45) is -9.28. The molecule has 0 unspecified atom stereocenters. The van der Waals surface area contributed by atoms with Gasteiger partial charge in [-0.05, 0) is 17.7 Å². The van der Waals surface area contributed by atoms with Crippen LogP contribution < -0.4 is 4.74 Å². The third-order valence-corrected chi connectivity index (χ3v) is 2.16. The second kappa shape index (κ2) is 5.73. The fourth-order valence-electron chi connectivity index (χ4n) is 1.44. The molecule has 1 N–H and O–H groups in total. The first-order chi connectivity index (χ1) is 9.14. The zero-order valence-electron chi connectivity index (χ0n) is 9.54. The van der Waals surface area contributed by atoms with Gasteiger partial charge in [-0.25, -0.2) is 8.78 Å². The third kappa shape index (κ3) is 4.08. The van der Waals surface area contributed by atoms with Gasteiger partial charge < -0.3 is 9.84 Å². The van der Waals surface area contributed by atoms with E-state index in [-0.39, 0.29) is 5.56 Å². The zero-order chi connectivity index (χ0) is 15.5. The van der Waals surface area contributed by atoms with Crippen molar-refractivity contribution in [2.45, 2.75) is 19.2 Å². The van der Waals surface area contributed by atoms with Crippen LogP contribution in [-0.4, -0.2) is 17.4 Å². The molecule has 0 bridgehead atoms. The number of rotatable bonds is 4. The predicted octanol–water partition coefficient (Wildman–Crippen LogP) is 3.02. The van der Waals surface area contributed by atoms with Crippen LogP contribution in [0.5, 0.6) is 5.75 Å². The van der Waals surface area contributed by atoms with Crippen molar-refractivity contribution >= 4 is 5.97 Å². The minimum absolute atomic E-state index is 0.315. The summed E-state index contributed by atoms with van der Waals surface area (Å²) in [7, 11) is 0. The lowest BCUT2D eigenvalue weighted by molar-refractivity contribution is -0.275. The van der Waals surface area contributed by atoms with Crippen LogP contribution in [0.3, 0.4) is 0 Å². The average Bonchev–Trinajstić information content (AvgIpc) is 2.27. The Bertz CT molecular complexity index is 562. The minimum atomic E-state index is -5.20. The van der Waals surface area contributed by atoms with Crippen LogP contribution in [0, 0.1) is 11.3 Å². The molecule has 0 spiro atoms. The van der Waals surface area contributed by atoms with E-state index in [1.54, 1.807) is 0 Å². The number of nitrogens with zero attached hydrogens (tertiary/aromatic N) is 1. The van der Waals surface area contributed by atoms with E-state index < -0.39 is 42.1 Å². The van der Waals surface area contributed by atoms with Gasteiger partial charge in [-0.1, -0.05) is 0 Å². The van der Waals surface area contributed by atoms with Crippen LogP contribution >= 0.6 is 0 Å². The van der Waals surface area contributed by atoms with Gasteiger partial charge in [0.25, 0.3) is 6.43 Å². The highest BCUT2D eigenvalue weighted by molar-refractivity contribution is 5.72. The van der Waals surface area contributed by atoms with Gasteiger partial charge in [-0.2, -0.15) is 5.26 Å². The van der Waals surface area contributed by atoms with Crippen molar-refractivity contribution in [1.29, 1.82) is 5.26 Å². The van der Waals surface area contributed by atoms with Crippen molar-refractivity contribution in [3.63, 3.8) is 0 Å². The number of hydrogen-bond donors (Lipinski definition) is 1. The number of hydrogen-bond acceptors (Lipinski definition) is 3. The third-order valence-electron chi connectivity index (χ3n) is 2.16. The smallest absolute Gasteiger partial charge is 0.481 e. The predicted molar refractivity (Wildman–Crippen MR) is 54.1 cm³/mol. The molecule has 4 nitrogen and oxygen atoms in total. The Labute approximate surface area is 109 Å². The summed E-state index contributed by atoms with van der Waals surface area (Å²) in [5, 5.41) is 17.3. The molecule has 1 aromatic carbocycles. The van der Waals surface area contributed by atoms with Crippen LogP contribution in [-0.2, 0) is 11.2 Å². The number of ether oxygens (including phenoxy) is 1. The lowest BCUT2D eigenvalue weighted by Crippen LogP contribution is -2.18. The molecule has 0 aliphatic rings. The SMILES string of the molecule is N#Cc1cc(OC(F)(F)F)c(C(F)F)cc1CC(=O)O. The number of nitriles is 1.